The number of hydrogen-bond donors (Lipinski definition) is 1. The molecule has 1 heterocycles. The molecule has 0 radical (unpaired) electrons. The van der Waals surface area contributed by atoms with Crippen LogP contribution in [-0.2, 0) is 12.7 Å². The molecule has 0 fully saturated rings. The minimum absolute atomic E-state index is 0.315. The summed E-state index contributed by atoms with van der Waals surface area (Å²) in [4.78, 5) is 4.47. The zero-order valence-corrected chi connectivity index (χ0v) is 12.7. The SMILES string of the molecule is NCc1cnc(-c2ccccc2)c(-c2ccc(C(F)(F)F)cc2)c1. The molecule has 2 N–H and O–H groups in total. The number of hydrogen-bond acceptors (Lipinski definition) is 2. The van der Waals surface area contributed by atoms with E-state index in [0.29, 0.717) is 17.8 Å². The van der Waals surface area contributed by atoms with Crippen molar-refractivity contribution in [2.45, 2.75) is 12.7 Å². The van der Waals surface area contributed by atoms with Crippen LogP contribution in [0.2, 0.25) is 0 Å². The fourth-order valence-corrected chi connectivity index (χ4v) is 2.50. The van der Waals surface area contributed by atoms with E-state index in [4.69, 9.17) is 5.73 Å². The van der Waals surface area contributed by atoms with E-state index in [1.165, 1.54) is 12.1 Å². The Kier molecular flexibility index (Phi) is 4.36. The lowest BCUT2D eigenvalue weighted by Crippen LogP contribution is -2.04. The maximum absolute atomic E-state index is 12.8. The summed E-state index contributed by atoms with van der Waals surface area (Å²) in [5, 5.41) is 0. The van der Waals surface area contributed by atoms with Gasteiger partial charge in [0.15, 0.2) is 0 Å². The summed E-state index contributed by atoms with van der Waals surface area (Å²) in [6, 6.07) is 16.5. The summed E-state index contributed by atoms with van der Waals surface area (Å²) in [7, 11) is 0. The van der Waals surface area contributed by atoms with Gasteiger partial charge in [0.25, 0.3) is 0 Å². The minimum atomic E-state index is -4.35. The Balaban J connectivity index is 2.12. The molecule has 0 saturated carbocycles. The van der Waals surface area contributed by atoms with Gasteiger partial charge < -0.3 is 5.73 Å². The van der Waals surface area contributed by atoms with Crippen LogP contribution in [0.15, 0.2) is 66.9 Å². The lowest BCUT2D eigenvalue weighted by Gasteiger charge is -2.12. The molecule has 5 heteroatoms. The van der Waals surface area contributed by atoms with E-state index in [2.05, 4.69) is 4.98 Å². The fourth-order valence-electron chi connectivity index (χ4n) is 2.50. The van der Waals surface area contributed by atoms with Gasteiger partial charge in [-0.25, -0.2) is 0 Å². The highest BCUT2D eigenvalue weighted by Gasteiger charge is 2.30. The first-order valence-electron chi connectivity index (χ1n) is 7.41. The largest absolute Gasteiger partial charge is 0.416 e. The van der Waals surface area contributed by atoms with Crippen molar-refractivity contribution in [3.8, 4) is 22.4 Å². The van der Waals surface area contributed by atoms with Gasteiger partial charge in [0.2, 0.25) is 0 Å². The van der Waals surface area contributed by atoms with Gasteiger partial charge in [-0.3, -0.25) is 4.98 Å². The Bertz CT molecular complexity index is 825. The molecule has 3 aromatic rings. The van der Waals surface area contributed by atoms with Gasteiger partial charge in [0.1, 0.15) is 0 Å². The van der Waals surface area contributed by atoms with Gasteiger partial charge in [-0.15, -0.1) is 0 Å². The molecule has 24 heavy (non-hydrogen) atoms. The van der Waals surface area contributed by atoms with Crippen LogP contribution in [0, 0.1) is 0 Å². The molecule has 0 spiro atoms. The fraction of sp³-hybridized carbons (Fsp3) is 0.105. The highest BCUT2D eigenvalue weighted by molar-refractivity contribution is 5.81. The van der Waals surface area contributed by atoms with Crippen molar-refractivity contribution in [1.29, 1.82) is 0 Å². The van der Waals surface area contributed by atoms with Crippen LogP contribution >= 0.6 is 0 Å². The molecule has 0 amide bonds. The summed E-state index contributed by atoms with van der Waals surface area (Å²) in [6.07, 6.45) is -2.66. The molecule has 0 aliphatic heterocycles. The molecule has 0 unspecified atom stereocenters. The van der Waals surface area contributed by atoms with E-state index in [0.717, 1.165) is 28.8 Å². The summed E-state index contributed by atoms with van der Waals surface area (Å²) in [5.74, 6) is 0. The van der Waals surface area contributed by atoms with Crippen LogP contribution in [0.5, 0.6) is 0 Å². The lowest BCUT2D eigenvalue weighted by molar-refractivity contribution is -0.137. The van der Waals surface area contributed by atoms with Gasteiger partial charge >= 0.3 is 6.18 Å². The topological polar surface area (TPSA) is 38.9 Å². The molecule has 1 aromatic heterocycles. The molecule has 3 rings (SSSR count). The van der Waals surface area contributed by atoms with Crippen molar-refractivity contribution in [2.75, 3.05) is 0 Å². The molecule has 0 atom stereocenters. The van der Waals surface area contributed by atoms with Crippen molar-refractivity contribution >= 4 is 0 Å². The molecule has 122 valence electrons. The predicted octanol–water partition coefficient (Wildman–Crippen LogP) is 4.89. The van der Waals surface area contributed by atoms with Crippen molar-refractivity contribution in [3.05, 3.63) is 78.0 Å². The van der Waals surface area contributed by atoms with Crippen LogP contribution in [0.25, 0.3) is 22.4 Å². The molecule has 0 bridgehead atoms. The highest BCUT2D eigenvalue weighted by atomic mass is 19.4. The van der Waals surface area contributed by atoms with Crippen molar-refractivity contribution < 1.29 is 13.2 Å². The summed E-state index contributed by atoms with van der Waals surface area (Å²) in [5.41, 5.74) is 8.88. The van der Waals surface area contributed by atoms with E-state index < -0.39 is 11.7 Å². The smallest absolute Gasteiger partial charge is 0.326 e. The first-order chi connectivity index (χ1) is 11.5. The molecule has 2 nitrogen and oxygen atoms in total. The number of halogens is 3. The molecular formula is C19H15F3N2. The van der Waals surface area contributed by atoms with Crippen LogP contribution in [0.1, 0.15) is 11.1 Å². The van der Waals surface area contributed by atoms with Crippen LogP contribution in [0.4, 0.5) is 13.2 Å². The van der Waals surface area contributed by atoms with Crippen molar-refractivity contribution in [2.24, 2.45) is 5.73 Å². The Morgan fingerprint density at radius 1 is 0.875 bits per heavy atom. The maximum Gasteiger partial charge on any atom is 0.416 e. The number of nitrogens with two attached hydrogens (primary N) is 1. The van der Waals surface area contributed by atoms with Gasteiger partial charge in [0, 0.05) is 23.9 Å². The first-order valence-corrected chi connectivity index (χ1v) is 7.41. The third-order valence-electron chi connectivity index (χ3n) is 3.75. The van der Waals surface area contributed by atoms with Crippen LogP contribution in [-0.4, -0.2) is 4.98 Å². The molecular weight excluding hydrogens is 313 g/mol. The number of benzene rings is 2. The third kappa shape index (κ3) is 3.31. The number of aromatic nitrogens is 1. The van der Waals surface area contributed by atoms with Gasteiger partial charge in [-0.2, -0.15) is 13.2 Å². The summed E-state index contributed by atoms with van der Waals surface area (Å²) in [6.45, 7) is 0.315. The monoisotopic (exact) mass is 328 g/mol. The highest BCUT2D eigenvalue weighted by Crippen LogP contribution is 2.34. The Labute approximate surface area is 137 Å². The lowest BCUT2D eigenvalue weighted by atomic mass is 9.97. The average Bonchev–Trinajstić information content (AvgIpc) is 2.61. The standard InChI is InChI=1S/C19H15F3N2/c20-19(21,22)16-8-6-14(7-9-16)17-10-13(11-23)12-24-18(17)15-4-2-1-3-5-15/h1-10,12H,11,23H2. The van der Waals surface area contributed by atoms with Crippen LogP contribution in [0.3, 0.4) is 0 Å². The molecule has 2 aromatic carbocycles. The van der Waals surface area contributed by atoms with E-state index in [1.54, 1.807) is 6.20 Å². The van der Waals surface area contributed by atoms with Gasteiger partial charge in [-0.1, -0.05) is 42.5 Å². The second-order valence-electron chi connectivity index (χ2n) is 5.38. The first kappa shape index (κ1) is 16.2. The van der Waals surface area contributed by atoms with Crippen molar-refractivity contribution in [1.82, 2.24) is 4.98 Å². The number of pyridine rings is 1. The Morgan fingerprint density at radius 3 is 2.12 bits per heavy atom. The Hall–Kier alpha value is -2.66. The zero-order chi connectivity index (χ0) is 17.2. The predicted molar refractivity (Wildman–Crippen MR) is 88.0 cm³/mol. The third-order valence-corrected chi connectivity index (χ3v) is 3.75. The summed E-state index contributed by atoms with van der Waals surface area (Å²) >= 11 is 0. The molecule has 0 aliphatic carbocycles. The minimum Gasteiger partial charge on any atom is -0.326 e. The molecule has 0 aliphatic rings. The maximum atomic E-state index is 12.8. The summed E-state index contributed by atoms with van der Waals surface area (Å²) < 4.78 is 38.3. The van der Waals surface area contributed by atoms with Gasteiger partial charge in [-0.05, 0) is 29.3 Å². The second-order valence-corrected chi connectivity index (χ2v) is 5.38. The van der Waals surface area contributed by atoms with Gasteiger partial charge in [0.05, 0.1) is 11.3 Å². The number of rotatable bonds is 3. The van der Waals surface area contributed by atoms with E-state index >= 15 is 0 Å². The average molecular weight is 328 g/mol. The van der Waals surface area contributed by atoms with E-state index in [9.17, 15) is 13.2 Å². The van der Waals surface area contributed by atoms with Crippen LogP contribution < -0.4 is 5.73 Å². The van der Waals surface area contributed by atoms with E-state index in [-0.39, 0.29) is 0 Å². The Morgan fingerprint density at radius 2 is 1.54 bits per heavy atom. The second kappa shape index (κ2) is 6.45. The molecule has 0 saturated heterocycles. The normalized spacial score (nSPS) is 11.5. The number of alkyl halides is 3. The zero-order valence-electron chi connectivity index (χ0n) is 12.7. The number of nitrogens with zero attached hydrogens (tertiary/aromatic N) is 1. The van der Waals surface area contributed by atoms with E-state index in [1.807, 2.05) is 36.4 Å². The van der Waals surface area contributed by atoms with Crippen molar-refractivity contribution in [3.63, 3.8) is 0 Å². The quantitative estimate of drug-likeness (QED) is 0.743.